The van der Waals surface area contributed by atoms with Gasteiger partial charge in [-0.25, -0.2) is 4.68 Å². The molecule has 0 fully saturated rings. The van der Waals surface area contributed by atoms with Crippen LogP contribution in [0.15, 0.2) is 24.3 Å². The standard InChI is InChI=1S/C14H15N5O2/c1-9-12(8-15)17-18-19(9)10(2)14(20)16-11-6-4-5-7-13(11)21-3/h4-7,10H,1-3H3,(H,16,20). The molecule has 0 saturated heterocycles. The van der Waals surface area contributed by atoms with Crippen molar-refractivity contribution in [2.45, 2.75) is 19.9 Å². The van der Waals surface area contributed by atoms with E-state index in [0.29, 0.717) is 17.1 Å². The molecule has 0 radical (unpaired) electrons. The van der Waals surface area contributed by atoms with E-state index in [-0.39, 0.29) is 11.6 Å². The highest BCUT2D eigenvalue weighted by Crippen LogP contribution is 2.24. The smallest absolute Gasteiger partial charge is 0.249 e. The Labute approximate surface area is 122 Å². The van der Waals surface area contributed by atoms with Crippen LogP contribution >= 0.6 is 0 Å². The van der Waals surface area contributed by atoms with E-state index in [4.69, 9.17) is 10.00 Å². The molecule has 7 nitrogen and oxygen atoms in total. The molecule has 1 aromatic heterocycles. The number of anilines is 1. The zero-order valence-electron chi connectivity index (χ0n) is 12.0. The lowest BCUT2D eigenvalue weighted by Gasteiger charge is -2.15. The summed E-state index contributed by atoms with van der Waals surface area (Å²) in [7, 11) is 1.54. The van der Waals surface area contributed by atoms with Crippen LogP contribution in [-0.2, 0) is 4.79 Å². The number of aromatic nitrogens is 3. The number of hydrogen-bond donors (Lipinski definition) is 1. The van der Waals surface area contributed by atoms with Gasteiger partial charge in [0.25, 0.3) is 0 Å². The minimum absolute atomic E-state index is 0.215. The van der Waals surface area contributed by atoms with Gasteiger partial charge in [0, 0.05) is 0 Å². The third kappa shape index (κ3) is 2.84. The number of rotatable bonds is 4. The first-order valence-electron chi connectivity index (χ1n) is 6.34. The average molecular weight is 285 g/mol. The number of nitriles is 1. The number of nitrogens with one attached hydrogen (secondary N) is 1. The molecule has 1 N–H and O–H groups in total. The fourth-order valence-corrected chi connectivity index (χ4v) is 1.91. The first-order chi connectivity index (χ1) is 10.1. The summed E-state index contributed by atoms with van der Waals surface area (Å²) >= 11 is 0. The molecule has 0 spiro atoms. The Kier molecular flexibility index (Phi) is 4.18. The van der Waals surface area contributed by atoms with Crippen molar-refractivity contribution in [3.05, 3.63) is 35.7 Å². The number of carbonyl (C=O) groups is 1. The summed E-state index contributed by atoms with van der Waals surface area (Å²) < 4.78 is 6.60. The lowest BCUT2D eigenvalue weighted by molar-refractivity contribution is -0.119. The molecular formula is C14H15N5O2. The summed E-state index contributed by atoms with van der Waals surface area (Å²) in [5, 5.41) is 19.2. The van der Waals surface area contributed by atoms with Gasteiger partial charge < -0.3 is 10.1 Å². The number of benzene rings is 1. The number of ether oxygens (including phenoxy) is 1. The van der Waals surface area contributed by atoms with Crippen molar-refractivity contribution in [2.75, 3.05) is 12.4 Å². The molecule has 108 valence electrons. The predicted molar refractivity (Wildman–Crippen MR) is 75.8 cm³/mol. The van der Waals surface area contributed by atoms with Gasteiger partial charge in [-0.1, -0.05) is 17.3 Å². The van der Waals surface area contributed by atoms with E-state index in [1.165, 1.54) is 11.8 Å². The van der Waals surface area contributed by atoms with Crippen molar-refractivity contribution in [2.24, 2.45) is 0 Å². The summed E-state index contributed by atoms with van der Waals surface area (Å²) in [4.78, 5) is 12.3. The van der Waals surface area contributed by atoms with Gasteiger partial charge >= 0.3 is 0 Å². The van der Waals surface area contributed by atoms with Crippen LogP contribution in [0.3, 0.4) is 0 Å². The summed E-state index contributed by atoms with van der Waals surface area (Å²) in [5.41, 5.74) is 1.35. The van der Waals surface area contributed by atoms with E-state index >= 15 is 0 Å². The van der Waals surface area contributed by atoms with Gasteiger partial charge in [-0.15, -0.1) is 5.10 Å². The fourth-order valence-electron chi connectivity index (χ4n) is 1.91. The van der Waals surface area contributed by atoms with Gasteiger partial charge in [0.05, 0.1) is 18.5 Å². The monoisotopic (exact) mass is 285 g/mol. The predicted octanol–water partition coefficient (Wildman–Crippen LogP) is 1.67. The van der Waals surface area contributed by atoms with Gasteiger partial charge in [0.1, 0.15) is 17.9 Å². The lowest BCUT2D eigenvalue weighted by Crippen LogP contribution is -2.25. The minimum atomic E-state index is -0.593. The third-order valence-corrected chi connectivity index (χ3v) is 3.14. The number of hydrogen-bond acceptors (Lipinski definition) is 5. The van der Waals surface area contributed by atoms with Crippen LogP contribution in [0, 0.1) is 18.3 Å². The molecule has 1 aromatic carbocycles. The molecule has 1 heterocycles. The van der Waals surface area contributed by atoms with E-state index in [1.54, 1.807) is 32.0 Å². The van der Waals surface area contributed by atoms with Gasteiger partial charge in [0.2, 0.25) is 5.91 Å². The van der Waals surface area contributed by atoms with Crippen molar-refractivity contribution in [3.63, 3.8) is 0 Å². The van der Waals surface area contributed by atoms with Crippen LogP contribution < -0.4 is 10.1 Å². The van der Waals surface area contributed by atoms with Crippen LogP contribution in [0.1, 0.15) is 24.4 Å². The SMILES string of the molecule is COc1ccccc1NC(=O)C(C)n1nnc(C#N)c1C. The van der Waals surface area contributed by atoms with Crippen molar-refractivity contribution < 1.29 is 9.53 Å². The average Bonchev–Trinajstić information content (AvgIpc) is 2.87. The molecule has 21 heavy (non-hydrogen) atoms. The second-order valence-electron chi connectivity index (χ2n) is 4.45. The van der Waals surface area contributed by atoms with Crippen LogP contribution in [0.4, 0.5) is 5.69 Å². The Morgan fingerprint density at radius 1 is 1.48 bits per heavy atom. The molecule has 0 saturated carbocycles. The highest BCUT2D eigenvalue weighted by molar-refractivity contribution is 5.94. The maximum atomic E-state index is 12.3. The zero-order valence-corrected chi connectivity index (χ0v) is 12.0. The summed E-state index contributed by atoms with van der Waals surface area (Å²) in [6.45, 7) is 3.39. The normalized spacial score (nSPS) is 11.5. The highest BCUT2D eigenvalue weighted by atomic mass is 16.5. The van der Waals surface area contributed by atoms with Crippen molar-refractivity contribution >= 4 is 11.6 Å². The van der Waals surface area contributed by atoms with Crippen LogP contribution in [0.5, 0.6) is 5.75 Å². The van der Waals surface area contributed by atoms with E-state index in [1.807, 2.05) is 12.1 Å². The molecular weight excluding hydrogens is 270 g/mol. The number of nitrogens with zero attached hydrogens (tertiary/aromatic N) is 4. The fraction of sp³-hybridized carbons (Fsp3) is 0.286. The van der Waals surface area contributed by atoms with Gasteiger partial charge in [-0.3, -0.25) is 4.79 Å². The van der Waals surface area contributed by atoms with Gasteiger partial charge in [-0.2, -0.15) is 5.26 Å². The molecule has 2 rings (SSSR count). The second-order valence-corrected chi connectivity index (χ2v) is 4.45. The van der Waals surface area contributed by atoms with Crippen LogP contribution in [0.25, 0.3) is 0 Å². The second kappa shape index (κ2) is 6.05. The Hall–Kier alpha value is -2.88. The third-order valence-electron chi connectivity index (χ3n) is 3.14. The molecule has 1 amide bonds. The maximum absolute atomic E-state index is 12.3. The van der Waals surface area contributed by atoms with E-state index in [9.17, 15) is 4.79 Å². The van der Waals surface area contributed by atoms with Crippen molar-refractivity contribution in [3.8, 4) is 11.8 Å². The van der Waals surface area contributed by atoms with Gasteiger partial charge in [-0.05, 0) is 26.0 Å². The Bertz CT molecular complexity index is 702. The minimum Gasteiger partial charge on any atom is -0.495 e. The van der Waals surface area contributed by atoms with Crippen LogP contribution in [0.2, 0.25) is 0 Å². The first-order valence-corrected chi connectivity index (χ1v) is 6.34. The van der Waals surface area contributed by atoms with Crippen molar-refractivity contribution in [1.29, 1.82) is 5.26 Å². The lowest BCUT2D eigenvalue weighted by atomic mass is 10.2. The molecule has 7 heteroatoms. The zero-order chi connectivity index (χ0) is 15.4. The number of methoxy groups -OCH3 is 1. The highest BCUT2D eigenvalue weighted by Gasteiger charge is 2.21. The van der Waals surface area contributed by atoms with Crippen LogP contribution in [-0.4, -0.2) is 28.0 Å². The molecule has 1 unspecified atom stereocenters. The Balaban J connectivity index is 2.20. The summed E-state index contributed by atoms with van der Waals surface area (Å²) in [5.74, 6) is 0.308. The molecule has 2 aromatic rings. The topological polar surface area (TPSA) is 92.8 Å². The maximum Gasteiger partial charge on any atom is 0.249 e. The summed E-state index contributed by atoms with van der Waals surface area (Å²) in [6.07, 6.45) is 0. The molecule has 0 aliphatic rings. The number of amides is 1. The van der Waals surface area contributed by atoms with Crippen molar-refractivity contribution in [1.82, 2.24) is 15.0 Å². The molecule has 0 bridgehead atoms. The molecule has 1 atom stereocenters. The molecule has 0 aliphatic heterocycles. The van der Waals surface area contributed by atoms with E-state index in [2.05, 4.69) is 15.6 Å². The Morgan fingerprint density at radius 3 is 2.81 bits per heavy atom. The largest absolute Gasteiger partial charge is 0.495 e. The van der Waals surface area contributed by atoms with Gasteiger partial charge in [0.15, 0.2) is 5.69 Å². The van der Waals surface area contributed by atoms with E-state index < -0.39 is 6.04 Å². The quantitative estimate of drug-likeness (QED) is 0.922. The molecule has 0 aliphatic carbocycles. The Morgan fingerprint density at radius 2 is 2.19 bits per heavy atom. The number of carbonyl (C=O) groups excluding carboxylic acids is 1. The first kappa shape index (κ1) is 14.5. The summed E-state index contributed by atoms with van der Waals surface area (Å²) in [6, 6.07) is 8.47. The van der Waals surface area contributed by atoms with E-state index in [0.717, 1.165) is 0 Å². The number of para-hydroxylation sites is 2.